The maximum absolute atomic E-state index is 6.22. The first-order valence-corrected chi connectivity index (χ1v) is 9.79. The maximum Gasteiger partial charge on any atom is 0.198 e. The zero-order chi connectivity index (χ0) is 11.8. The van der Waals surface area contributed by atoms with Crippen LogP contribution in [0, 0.1) is 17.8 Å². The van der Waals surface area contributed by atoms with Crippen LogP contribution < -0.4 is 0 Å². The summed E-state index contributed by atoms with van der Waals surface area (Å²) in [6.07, 6.45) is 0. The van der Waals surface area contributed by atoms with E-state index < -0.39 is 9.04 Å². The van der Waals surface area contributed by atoms with Crippen molar-refractivity contribution < 1.29 is 4.12 Å². The highest BCUT2D eigenvalue weighted by Crippen LogP contribution is 2.15. The summed E-state index contributed by atoms with van der Waals surface area (Å²) in [7, 11) is -0.702. The summed E-state index contributed by atoms with van der Waals surface area (Å²) in [4.78, 5) is 0. The lowest BCUT2D eigenvalue weighted by molar-refractivity contribution is 0.541. The highest BCUT2D eigenvalue weighted by atomic mass is 28.3. The molecule has 3 heteroatoms. The molecule has 15 heavy (non-hydrogen) atoms. The van der Waals surface area contributed by atoms with E-state index in [4.69, 9.17) is 4.12 Å². The molecule has 0 aromatic rings. The average molecular weight is 246 g/mol. The Morgan fingerprint density at radius 2 is 1.33 bits per heavy atom. The zero-order valence-electron chi connectivity index (χ0n) is 11.5. The topological polar surface area (TPSA) is 9.23 Å². The third-order valence-electron chi connectivity index (χ3n) is 2.27. The van der Waals surface area contributed by atoms with Crippen molar-refractivity contribution in [2.24, 2.45) is 17.8 Å². The molecule has 1 radical (unpaired) electrons. The minimum absolute atomic E-state index is 0.224. The van der Waals surface area contributed by atoms with Gasteiger partial charge in [0.2, 0.25) is 0 Å². The summed E-state index contributed by atoms with van der Waals surface area (Å²) >= 11 is 0. The molecule has 0 amide bonds. The van der Waals surface area contributed by atoms with Gasteiger partial charge in [0.15, 0.2) is 9.04 Å². The molecule has 0 N–H and O–H groups in total. The lowest BCUT2D eigenvalue weighted by Crippen LogP contribution is -2.24. The van der Waals surface area contributed by atoms with Crippen LogP contribution in [0.1, 0.15) is 41.5 Å². The van der Waals surface area contributed by atoms with Crippen LogP contribution in [-0.4, -0.2) is 18.8 Å². The van der Waals surface area contributed by atoms with Gasteiger partial charge in [0.05, 0.1) is 0 Å². The smallest absolute Gasteiger partial charge is 0.198 e. The molecule has 0 aromatic carbocycles. The molecule has 0 unspecified atom stereocenters. The Hall–Kier alpha value is 0.394. The van der Waals surface area contributed by atoms with Crippen molar-refractivity contribution in [3.63, 3.8) is 0 Å². The van der Waals surface area contributed by atoms with Gasteiger partial charge in [-0.1, -0.05) is 41.5 Å². The van der Waals surface area contributed by atoms with Crippen molar-refractivity contribution in [2.45, 2.75) is 59.7 Å². The minimum atomic E-state index is -0.478. The van der Waals surface area contributed by atoms with E-state index in [1.807, 2.05) is 0 Å². The monoisotopic (exact) mass is 245 g/mol. The Bertz CT molecular complexity index is 137. The van der Waals surface area contributed by atoms with E-state index in [0.717, 1.165) is 17.8 Å². The standard InChI is InChI=1S/C12H29OSi2/c1-10(2)7-14-13-15(8-11(3)4)9-12(5)6/h10-12H,7-9,14H2,1-6H3. The van der Waals surface area contributed by atoms with Crippen molar-refractivity contribution in [3.8, 4) is 0 Å². The highest BCUT2D eigenvalue weighted by molar-refractivity contribution is 6.58. The Labute approximate surface area is 101 Å². The normalized spacial score (nSPS) is 13.2. The van der Waals surface area contributed by atoms with Crippen molar-refractivity contribution in [1.29, 1.82) is 0 Å². The summed E-state index contributed by atoms with van der Waals surface area (Å²) in [5.74, 6) is 2.45. The lowest BCUT2D eigenvalue weighted by atomic mass is 10.3. The van der Waals surface area contributed by atoms with E-state index in [1.165, 1.54) is 18.1 Å². The minimum Gasteiger partial charge on any atom is -0.460 e. The fourth-order valence-corrected chi connectivity index (χ4v) is 6.58. The predicted octanol–water partition coefficient (Wildman–Crippen LogP) is 3.46. The molecule has 0 aliphatic heterocycles. The molecule has 0 saturated heterocycles. The molecule has 0 atom stereocenters. The summed E-state index contributed by atoms with van der Waals surface area (Å²) in [6.45, 7) is 13.9. The van der Waals surface area contributed by atoms with Crippen LogP contribution in [-0.2, 0) is 4.12 Å². The summed E-state index contributed by atoms with van der Waals surface area (Å²) < 4.78 is 6.22. The number of hydrogen-bond acceptors (Lipinski definition) is 1. The first-order valence-electron chi connectivity index (χ1n) is 6.39. The van der Waals surface area contributed by atoms with Gasteiger partial charge in [-0.25, -0.2) is 0 Å². The molecule has 0 bridgehead atoms. The van der Waals surface area contributed by atoms with Crippen molar-refractivity contribution in [3.05, 3.63) is 0 Å². The van der Waals surface area contributed by atoms with Gasteiger partial charge in [0.1, 0.15) is 9.76 Å². The first kappa shape index (κ1) is 15.4. The number of hydrogen-bond donors (Lipinski definition) is 0. The largest absolute Gasteiger partial charge is 0.460 e. The van der Waals surface area contributed by atoms with Gasteiger partial charge in [0.25, 0.3) is 0 Å². The first-order chi connectivity index (χ1) is 6.91. The van der Waals surface area contributed by atoms with Gasteiger partial charge in [-0.15, -0.1) is 0 Å². The third-order valence-corrected chi connectivity index (χ3v) is 8.66. The maximum atomic E-state index is 6.22. The molecule has 0 saturated carbocycles. The van der Waals surface area contributed by atoms with Gasteiger partial charge in [0, 0.05) is 0 Å². The Balaban J connectivity index is 3.79. The molecule has 0 spiro atoms. The highest BCUT2D eigenvalue weighted by Gasteiger charge is 2.16. The van der Waals surface area contributed by atoms with E-state index in [1.54, 1.807) is 0 Å². The van der Waals surface area contributed by atoms with Gasteiger partial charge in [-0.05, 0) is 35.9 Å². The summed E-state index contributed by atoms with van der Waals surface area (Å²) in [6, 6.07) is 4.03. The summed E-state index contributed by atoms with van der Waals surface area (Å²) in [5, 5.41) is 0. The van der Waals surface area contributed by atoms with Gasteiger partial charge < -0.3 is 4.12 Å². The van der Waals surface area contributed by atoms with Gasteiger partial charge in [-0.3, -0.25) is 0 Å². The average Bonchev–Trinajstić information content (AvgIpc) is 2.00. The van der Waals surface area contributed by atoms with Crippen LogP contribution in [0.2, 0.25) is 18.1 Å². The second-order valence-corrected chi connectivity index (χ2v) is 9.80. The van der Waals surface area contributed by atoms with E-state index >= 15 is 0 Å². The van der Waals surface area contributed by atoms with Crippen LogP contribution in [0.3, 0.4) is 0 Å². The molecule has 0 aromatic heterocycles. The Kier molecular flexibility index (Phi) is 8.76. The Morgan fingerprint density at radius 3 is 1.67 bits per heavy atom. The van der Waals surface area contributed by atoms with Crippen molar-refractivity contribution in [1.82, 2.24) is 0 Å². The predicted molar refractivity (Wildman–Crippen MR) is 74.3 cm³/mol. The Morgan fingerprint density at radius 1 is 0.867 bits per heavy atom. The van der Waals surface area contributed by atoms with E-state index in [9.17, 15) is 0 Å². The quantitative estimate of drug-likeness (QED) is 0.595. The van der Waals surface area contributed by atoms with Gasteiger partial charge in [-0.2, -0.15) is 0 Å². The molecule has 0 heterocycles. The van der Waals surface area contributed by atoms with Crippen LogP contribution >= 0.6 is 0 Å². The lowest BCUT2D eigenvalue weighted by Gasteiger charge is -2.20. The fourth-order valence-electron chi connectivity index (χ4n) is 1.55. The molecular weight excluding hydrogens is 216 g/mol. The molecule has 91 valence electrons. The van der Waals surface area contributed by atoms with Crippen LogP contribution in [0.5, 0.6) is 0 Å². The molecule has 1 nitrogen and oxygen atoms in total. The number of rotatable bonds is 8. The van der Waals surface area contributed by atoms with E-state index in [2.05, 4.69) is 41.5 Å². The second-order valence-electron chi connectivity index (χ2n) is 5.77. The summed E-state index contributed by atoms with van der Waals surface area (Å²) in [5.41, 5.74) is 0. The van der Waals surface area contributed by atoms with Crippen LogP contribution in [0.4, 0.5) is 0 Å². The zero-order valence-corrected chi connectivity index (χ0v) is 13.9. The molecule has 0 aliphatic rings. The van der Waals surface area contributed by atoms with Gasteiger partial charge >= 0.3 is 0 Å². The molecule has 0 rings (SSSR count). The van der Waals surface area contributed by atoms with E-state index in [-0.39, 0.29) is 9.76 Å². The van der Waals surface area contributed by atoms with E-state index in [0.29, 0.717) is 0 Å². The molecule has 0 fully saturated rings. The SMILES string of the molecule is CC(C)C[SiH2]O[Si](CC(C)C)CC(C)C. The van der Waals surface area contributed by atoms with Crippen LogP contribution in [0.15, 0.2) is 0 Å². The van der Waals surface area contributed by atoms with Crippen LogP contribution in [0.25, 0.3) is 0 Å². The third kappa shape index (κ3) is 10.7. The van der Waals surface area contributed by atoms with Crippen molar-refractivity contribution in [2.75, 3.05) is 0 Å². The fraction of sp³-hybridized carbons (Fsp3) is 1.00. The molecule has 0 aliphatic carbocycles. The van der Waals surface area contributed by atoms with Crippen molar-refractivity contribution >= 4 is 18.8 Å². The molecular formula is C12H29OSi2. The second kappa shape index (κ2) is 8.53.